The number of phenolic OH excluding ortho intramolecular Hbond substituents is 1. The van der Waals surface area contributed by atoms with Gasteiger partial charge in [-0.05, 0) is 122 Å². The van der Waals surface area contributed by atoms with E-state index in [1.165, 1.54) is 4.90 Å². The van der Waals surface area contributed by atoms with Crippen LogP contribution in [0, 0.1) is 31.6 Å². The van der Waals surface area contributed by atoms with Crippen LogP contribution in [0.5, 0.6) is 5.75 Å². The van der Waals surface area contributed by atoms with Gasteiger partial charge in [0.25, 0.3) is 0 Å². The molecule has 2 amide bonds. The smallest absolute Gasteiger partial charge is 0.455 e. The number of allylic oxidation sites excluding steroid dienone is 1. The van der Waals surface area contributed by atoms with Crippen molar-refractivity contribution < 1.29 is 39.0 Å². The zero-order valence-corrected chi connectivity index (χ0v) is 26.8. The first-order valence-electron chi connectivity index (χ1n) is 16.1. The number of carbonyl (C=O) groups excluding carboxylic acids is 2. The van der Waals surface area contributed by atoms with Crippen LogP contribution in [0.3, 0.4) is 0 Å². The van der Waals surface area contributed by atoms with Gasteiger partial charge in [0.15, 0.2) is 0 Å². The van der Waals surface area contributed by atoms with Crippen molar-refractivity contribution in [1.82, 2.24) is 9.88 Å². The summed E-state index contributed by atoms with van der Waals surface area (Å²) in [6.45, 7) is 4.31. The molecule has 0 bridgehead atoms. The highest BCUT2D eigenvalue weighted by Crippen LogP contribution is 2.50. The largest absolute Gasteiger partial charge is 0.507 e. The molecule has 2 aromatic rings. The van der Waals surface area contributed by atoms with Crippen molar-refractivity contribution in [3.05, 3.63) is 70.1 Å². The minimum atomic E-state index is -1.08. The highest BCUT2D eigenvalue weighted by molar-refractivity contribution is 6.43. The molecule has 3 N–H and O–H groups in total. The Morgan fingerprint density at radius 1 is 1.11 bits per heavy atom. The lowest BCUT2D eigenvalue weighted by Crippen LogP contribution is -2.46. The molecule has 0 radical (unpaired) electrons. The minimum absolute atomic E-state index is 0.0631. The Hall–Kier alpha value is -3.80. The fourth-order valence-electron chi connectivity index (χ4n) is 7.47. The molecule has 3 aliphatic rings. The molecule has 1 aliphatic carbocycles. The molecule has 2 fully saturated rings. The summed E-state index contributed by atoms with van der Waals surface area (Å²) < 4.78 is 11.8. The molecule has 3 heterocycles. The fraction of sp³-hybridized carbons (Fsp3) is 0.486. The summed E-state index contributed by atoms with van der Waals surface area (Å²) in [7, 11) is 0.524. The molecular formula is C35H43BN2O8. The van der Waals surface area contributed by atoms with Gasteiger partial charge in [-0.1, -0.05) is 12.5 Å². The maximum absolute atomic E-state index is 13.8. The Bertz CT molecular complexity index is 1500. The van der Waals surface area contributed by atoms with E-state index in [-0.39, 0.29) is 42.8 Å². The molecule has 0 unspecified atom stereocenters. The molecule has 5 rings (SSSR count). The van der Waals surface area contributed by atoms with Gasteiger partial charge >= 0.3 is 13.1 Å². The van der Waals surface area contributed by atoms with Crippen molar-refractivity contribution >= 4 is 36.6 Å². The number of carboxylic acid groups (broad SMARTS) is 1. The maximum atomic E-state index is 13.8. The van der Waals surface area contributed by atoms with Crippen molar-refractivity contribution in [3.8, 4) is 5.75 Å². The summed E-state index contributed by atoms with van der Waals surface area (Å²) >= 11 is 0. The lowest BCUT2D eigenvalue weighted by Gasteiger charge is -2.43. The number of nitrogens with zero attached hydrogens (tertiary/aromatic N) is 2. The number of hydrogen-bond acceptors (Lipinski definition) is 8. The zero-order valence-electron chi connectivity index (χ0n) is 26.8. The number of methoxy groups -OCH3 is 1. The molecular weight excluding hydrogens is 587 g/mol. The summed E-state index contributed by atoms with van der Waals surface area (Å²) in [5.74, 6) is -2.43. The number of rotatable bonds is 13. The Kier molecular flexibility index (Phi) is 10.8. The molecule has 2 saturated heterocycles. The summed E-state index contributed by atoms with van der Waals surface area (Å²) in [6.07, 6.45) is 6.75. The first-order chi connectivity index (χ1) is 22.1. The number of amides is 2. The topological polar surface area (TPSA) is 146 Å². The van der Waals surface area contributed by atoms with Gasteiger partial charge in [0.2, 0.25) is 11.8 Å². The zero-order chi connectivity index (χ0) is 33.0. The van der Waals surface area contributed by atoms with E-state index in [1.54, 1.807) is 13.3 Å². The number of hydrogen-bond donors (Lipinski definition) is 3. The number of phenols is 1. The van der Waals surface area contributed by atoms with Crippen molar-refractivity contribution in [1.29, 1.82) is 0 Å². The SMILES string of the molecule is COCC1=C2[C@@H](CC/C(=C/c3cc(C)c(O)c(C)c3)c3ccccn3)OB(O)C[C@@H]2[C@@H]2C(=O)N(CCCCCC(=O)O)C(=O)[C@@H]2C1. The van der Waals surface area contributed by atoms with Crippen molar-refractivity contribution in [3.63, 3.8) is 0 Å². The predicted molar refractivity (Wildman–Crippen MR) is 173 cm³/mol. The number of aromatic nitrogens is 1. The average Bonchev–Trinajstić information content (AvgIpc) is 3.26. The van der Waals surface area contributed by atoms with E-state index in [4.69, 9.17) is 14.5 Å². The van der Waals surface area contributed by atoms with Gasteiger partial charge in [0.05, 0.1) is 30.2 Å². The van der Waals surface area contributed by atoms with Gasteiger partial charge in [0.1, 0.15) is 5.75 Å². The lowest BCUT2D eigenvalue weighted by atomic mass is 9.58. The highest BCUT2D eigenvalue weighted by atomic mass is 16.5. The van der Waals surface area contributed by atoms with Gasteiger partial charge in [-0.3, -0.25) is 24.3 Å². The second-order valence-corrected chi connectivity index (χ2v) is 12.7. The van der Waals surface area contributed by atoms with E-state index in [9.17, 15) is 24.5 Å². The van der Waals surface area contributed by atoms with E-state index >= 15 is 0 Å². The van der Waals surface area contributed by atoms with Crippen LogP contribution in [0.25, 0.3) is 11.6 Å². The van der Waals surface area contributed by atoms with Crippen LogP contribution in [0.4, 0.5) is 0 Å². The number of ether oxygens (including phenoxy) is 1. The van der Waals surface area contributed by atoms with Crippen molar-refractivity contribution in [2.45, 2.75) is 71.2 Å². The number of carboxylic acids is 1. The number of pyridine rings is 1. The van der Waals surface area contributed by atoms with Crippen molar-refractivity contribution in [2.75, 3.05) is 20.3 Å². The summed E-state index contributed by atoms with van der Waals surface area (Å²) in [5.41, 5.74) is 6.18. The number of benzene rings is 1. The second kappa shape index (κ2) is 14.7. The van der Waals surface area contributed by atoms with Crippen LogP contribution >= 0.6 is 0 Å². The standard InChI is InChI=1S/C35H43BN2O8/c1-21-15-23(16-22(2)33(21)41)17-24(28-9-6-7-13-37-28)11-12-29-31-25(20-45-3)18-26-32(27(31)19-36(44)46-29)35(43)38(34(26)42)14-8-4-5-10-30(39)40/h6-7,9,13,15-17,26-27,29,32,41,44H,4-5,8,10-12,14,18-20H2,1-3H3,(H,39,40)/b24-17-/t26-,27+,29-,32-/m1/s1. The Labute approximate surface area is 270 Å². The Morgan fingerprint density at radius 2 is 1.87 bits per heavy atom. The van der Waals surface area contributed by atoms with Gasteiger partial charge in [-0.25, -0.2) is 0 Å². The molecule has 0 spiro atoms. The number of fused-ring (bicyclic) bond motifs is 3. The quantitative estimate of drug-likeness (QED) is 0.123. The molecule has 244 valence electrons. The Balaban J connectivity index is 1.40. The summed E-state index contributed by atoms with van der Waals surface area (Å²) in [6, 6.07) is 9.61. The molecule has 11 heteroatoms. The minimum Gasteiger partial charge on any atom is -0.507 e. The summed E-state index contributed by atoms with van der Waals surface area (Å²) in [4.78, 5) is 44.1. The van der Waals surface area contributed by atoms with Crippen molar-refractivity contribution in [2.24, 2.45) is 17.8 Å². The van der Waals surface area contributed by atoms with Gasteiger partial charge in [0, 0.05) is 26.3 Å². The van der Waals surface area contributed by atoms with Crippen LogP contribution in [0.15, 0.2) is 47.7 Å². The summed E-state index contributed by atoms with van der Waals surface area (Å²) in [5, 5.41) is 30.2. The molecule has 1 aromatic carbocycles. The molecule has 0 saturated carbocycles. The molecule has 4 atom stereocenters. The monoisotopic (exact) mass is 630 g/mol. The molecule has 10 nitrogen and oxygen atoms in total. The predicted octanol–water partition coefficient (Wildman–Crippen LogP) is 4.81. The molecule has 2 aliphatic heterocycles. The number of likely N-dealkylation sites (tertiary alicyclic amines) is 1. The third-order valence-corrected chi connectivity index (χ3v) is 9.51. The number of aromatic hydroxyl groups is 1. The number of aliphatic carboxylic acids is 1. The number of carbonyl (C=O) groups is 3. The first kappa shape index (κ1) is 33.6. The fourth-order valence-corrected chi connectivity index (χ4v) is 7.47. The van der Waals surface area contributed by atoms with Gasteiger partial charge in [-0.2, -0.15) is 0 Å². The molecule has 46 heavy (non-hydrogen) atoms. The van der Waals surface area contributed by atoms with Crippen LogP contribution < -0.4 is 0 Å². The number of unbranched alkanes of at least 4 members (excludes halogenated alkanes) is 2. The average molecular weight is 631 g/mol. The molecule has 1 aromatic heterocycles. The van der Waals surface area contributed by atoms with Crippen LogP contribution in [0.1, 0.15) is 67.3 Å². The van der Waals surface area contributed by atoms with E-state index in [0.717, 1.165) is 39.1 Å². The van der Waals surface area contributed by atoms with E-state index < -0.39 is 31.0 Å². The van der Waals surface area contributed by atoms with Crippen LogP contribution in [-0.4, -0.2) is 76.4 Å². The van der Waals surface area contributed by atoms with Crippen LogP contribution in [-0.2, 0) is 23.8 Å². The first-order valence-corrected chi connectivity index (χ1v) is 16.1. The number of aryl methyl sites for hydroxylation is 2. The van der Waals surface area contributed by atoms with Gasteiger partial charge in [-0.15, -0.1) is 0 Å². The van der Waals surface area contributed by atoms with E-state index in [0.29, 0.717) is 45.1 Å². The highest BCUT2D eigenvalue weighted by Gasteiger charge is 2.57. The number of imide groups is 1. The van der Waals surface area contributed by atoms with E-state index in [2.05, 4.69) is 11.1 Å². The second-order valence-electron chi connectivity index (χ2n) is 12.7. The third-order valence-electron chi connectivity index (χ3n) is 9.51. The lowest BCUT2D eigenvalue weighted by molar-refractivity contribution is -0.141. The Morgan fingerprint density at radius 3 is 2.54 bits per heavy atom. The normalized spacial score (nSPS) is 23.2. The maximum Gasteiger partial charge on any atom is 0.455 e. The van der Waals surface area contributed by atoms with Gasteiger partial charge < -0.3 is 24.6 Å². The van der Waals surface area contributed by atoms with Crippen LogP contribution in [0.2, 0.25) is 6.32 Å². The van der Waals surface area contributed by atoms with E-state index in [1.807, 2.05) is 44.2 Å². The third kappa shape index (κ3) is 7.27.